The van der Waals surface area contributed by atoms with Crippen molar-refractivity contribution in [1.29, 1.82) is 0 Å². The van der Waals surface area contributed by atoms with Gasteiger partial charge in [-0.25, -0.2) is 9.78 Å². The first kappa shape index (κ1) is 32.9. The Balaban J connectivity index is 2.54. The standard InChI is InChI=1S/C25H19BrF9N3O4/c1-3-42-21(40)20(41-2)38(16-10-14(23(27,28)29)9-15(19(16)26)24(30,31)32)22-36-17(25(33,34)35)11-18(39)37(22)12-13-7-5-4-6-8-13/h4-11,20H,3,12H2,1-2H3. The van der Waals surface area contributed by atoms with E-state index in [1.807, 2.05) is 0 Å². The van der Waals surface area contributed by atoms with Crippen molar-refractivity contribution in [2.45, 2.75) is 38.2 Å². The molecule has 0 aliphatic rings. The number of alkyl halides is 9. The maximum Gasteiger partial charge on any atom is 0.433 e. The SMILES string of the molecule is CCOC(=O)C(OC)N(c1cc(C(F)(F)F)cc(C(F)(F)F)c1Br)c1nc(C(F)(F)F)cc(=O)n1Cc1ccccc1. The molecule has 0 N–H and O–H groups in total. The minimum Gasteiger partial charge on any atom is -0.463 e. The molecule has 2 aromatic carbocycles. The summed E-state index contributed by atoms with van der Waals surface area (Å²) in [4.78, 5) is 29.6. The van der Waals surface area contributed by atoms with Crippen molar-refractivity contribution in [2.75, 3.05) is 18.6 Å². The van der Waals surface area contributed by atoms with Crippen LogP contribution in [0.2, 0.25) is 0 Å². The van der Waals surface area contributed by atoms with Crippen molar-refractivity contribution in [3.8, 4) is 0 Å². The quantitative estimate of drug-likeness (QED) is 0.149. The molecule has 1 atom stereocenters. The van der Waals surface area contributed by atoms with E-state index in [0.717, 1.165) is 7.11 Å². The summed E-state index contributed by atoms with van der Waals surface area (Å²) in [5.41, 5.74) is -7.86. The fraction of sp³-hybridized carbons (Fsp3) is 0.320. The summed E-state index contributed by atoms with van der Waals surface area (Å²) >= 11 is 2.60. The van der Waals surface area contributed by atoms with Gasteiger partial charge in [0.1, 0.15) is 0 Å². The van der Waals surface area contributed by atoms with Gasteiger partial charge in [-0.15, -0.1) is 0 Å². The number of esters is 1. The molecule has 0 aliphatic heterocycles. The molecular formula is C25H19BrF9N3O4. The number of ether oxygens (including phenoxy) is 2. The maximum atomic E-state index is 13.9. The number of carbonyl (C=O) groups is 1. The molecule has 228 valence electrons. The predicted octanol–water partition coefficient (Wildman–Crippen LogP) is 6.78. The lowest BCUT2D eigenvalue weighted by atomic mass is 10.1. The molecule has 0 amide bonds. The molecule has 42 heavy (non-hydrogen) atoms. The van der Waals surface area contributed by atoms with E-state index < -0.39 is 75.8 Å². The van der Waals surface area contributed by atoms with E-state index in [9.17, 15) is 49.1 Å². The van der Waals surface area contributed by atoms with Crippen molar-refractivity contribution < 1.29 is 53.8 Å². The van der Waals surface area contributed by atoms with E-state index in [4.69, 9.17) is 9.47 Å². The number of carbonyl (C=O) groups excluding carboxylic acids is 1. The van der Waals surface area contributed by atoms with E-state index in [0.29, 0.717) is 4.57 Å². The second kappa shape index (κ2) is 12.3. The van der Waals surface area contributed by atoms with Gasteiger partial charge < -0.3 is 9.47 Å². The van der Waals surface area contributed by atoms with E-state index in [-0.39, 0.29) is 35.3 Å². The molecule has 3 rings (SSSR count). The number of rotatable bonds is 8. The normalized spacial score (nSPS) is 13.1. The largest absolute Gasteiger partial charge is 0.463 e. The van der Waals surface area contributed by atoms with Gasteiger partial charge in [0, 0.05) is 13.2 Å². The monoisotopic (exact) mass is 675 g/mol. The van der Waals surface area contributed by atoms with Gasteiger partial charge in [0.05, 0.1) is 34.4 Å². The van der Waals surface area contributed by atoms with Crippen molar-refractivity contribution in [1.82, 2.24) is 9.55 Å². The van der Waals surface area contributed by atoms with Crippen LogP contribution in [-0.2, 0) is 39.3 Å². The summed E-state index contributed by atoms with van der Waals surface area (Å²) in [6.07, 6.45) is -18.4. The van der Waals surface area contributed by atoms with Gasteiger partial charge in [-0.1, -0.05) is 30.3 Å². The molecule has 1 heterocycles. The van der Waals surface area contributed by atoms with Crippen LogP contribution >= 0.6 is 15.9 Å². The maximum absolute atomic E-state index is 13.9. The van der Waals surface area contributed by atoms with Crippen LogP contribution in [0.15, 0.2) is 57.8 Å². The Kier molecular flexibility index (Phi) is 9.66. The molecule has 0 saturated carbocycles. The smallest absolute Gasteiger partial charge is 0.433 e. The zero-order valence-electron chi connectivity index (χ0n) is 21.4. The van der Waals surface area contributed by atoms with Gasteiger partial charge in [-0.3, -0.25) is 14.3 Å². The Bertz CT molecular complexity index is 1490. The summed E-state index contributed by atoms with van der Waals surface area (Å²) in [5.74, 6) is -2.58. The first-order valence-corrected chi connectivity index (χ1v) is 12.4. The van der Waals surface area contributed by atoms with E-state index in [2.05, 4.69) is 20.9 Å². The van der Waals surface area contributed by atoms with Crippen LogP contribution in [0.3, 0.4) is 0 Å². The third kappa shape index (κ3) is 7.24. The second-order valence-electron chi connectivity index (χ2n) is 8.41. The average molecular weight is 676 g/mol. The van der Waals surface area contributed by atoms with Crippen LogP contribution in [0.4, 0.5) is 51.1 Å². The lowest BCUT2D eigenvalue weighted by molar-refractivity contribution is -0.154. The van der Waals surface area contributed by atoms with Crippen LogP contribution in [0.1, 0.15) is 29.3 Å². The van der Waals surface area contributed by atoms with Crippen molar-refractivity contribution >= 4 is 33.5 Å². The third-order valence-corrected chi connectivity index (χ3v) is 6.40. The fourth-order valence-corrected chi connectivity index (χ4v) is 4.40. The van der Waals surface area contributed by atoms with E-state index in [1.165, 1.54) is 31.2 Å². The number of hydrogen-bond acceptors (Lipinski definition) is 6. The van der Waals surface area contributed by atoms with Gasteiger partial charge in [0.15, 0.2) is 5.69 Å². The molecule has 1 aromatic heterocycles. The lowest BCUT2D eigenvalue weighted by Gasteiger charge is -2.33. The minimum atomic E-state index is -5.42. The minimum absolute atomic E-state index is 0.0963. The van der Waals surface area contributed by atoms with Crippen LogP contribution < -0.4 is 10.5 Å². The predicted molar refractivity (Wildman–Crippen MR) is 133 cm³/mol. The van der Waals surface area contributed by atoms with Crippen LogP contribution in [-0.4, -0.2) is 35.5 Å². The highest BCUT2D eigenvalue weighted by molar-refractivity contribution is 9.10. The van der Waals surface area contributed by atoms with Gasteiger partial charge in [-0.2, -0.15) is 39.5 Å². The molecule has 1 unspecified atom stereocenters. The summed E-state index contributed by atoms with van der Waals surface area (Å²) in [5, 5.41) is 0. The van der Waals surface area contributed by atoms with Crippen LogP contribution in [0.5, 0.6) is 0 Å². The number of hydrogen-bond donors (Lipinski definition) is 0. The Hall–Kier alpha value is -3.60. The molecule has 17 heteroatoms. The first-order valence-electron chi connectivity index (χ1n) is 11.6. The van der Waals surface area contributed by atoms with Crippen molar-refractivity contribution in [2.24, 2.45) is 0 Å². The fourth-order valence-electron chi connectivity index (χ4n) is 3.75. The molecule has 0 radical (unpaired) electrons. The molecule has 0 aliphatic carbocycles. The summed E-state index contributed by atoms with van der Waals surface area (Å²) in [6, 6.07) is 7.48. The zero-order chi connectivity index (χ0) is 31.6. The molecule has 3 aromatic rings. The highest BCUT2D eigenvalue weighted by Crippen LogP contribution is 2.46. The Morgan fingerprint density at radius 3 is 2.10 bits per heavy atom. The molecule has 7 nitrogen and oxygen atoms in total. The summed E-state index contributed by atoms with van der Waals surface area (Å²) < 4.78 is 134. The molecule has 0 bridgehead atoms. The van der Waals surface area contributed by atoms with Gasteiger partial charge in [-0.05, 0) is 40.5 Å². The van der Waals surface area contributed by atoms with Crippen LogP contribution in [0.25, 0.3) is 0 Å². The number of halogens is 10. The summed E-state index contributed by atoms with van der Waals surface area (Å²) in [7, 11) is 0.800. The molecular weight excluding hydrogens is 657 g/mol. The highest BCUT2D eigenvalue weighted by atomic mass is 79.9. The molecule has 0 saturated heterocycles. The molecule has 0 spiro atoms. The van der Waals surface area contributed by atoms with Gasteiger partial charge >= 0.3 is 24.5 Å². The van der Waals surface area contributed by atoms with Crippen LogP contribution in [0, 0.1) is 0 Å². The summed E-state index contributed by atoms with van der Waals surface area (Å²) in [6.45, 7) is 0.389. The number of nitrogens with zero attached hydrogens (tertiary/aromatic N) is 3. The second-order valence-corrected chi connectivity index (χ2v) is 9.20. The Labute approximate surface area is 239 Å². The third-order valence-electron chi connectivity index (χ3n) is 5.57. The first-order chi connectivity index (χ1) is 19.4. The Morgan fingerprint density at radius 2 is 1.60 bits per heavy atom. The number of aromatic nitrogens is 2. The van der Waals surface area contributed by atoms with Crippen molar-refractivity contribution in [3.05, 3.63) is 85.7 Å². The van der Waals surface area contributed by atoms with Gasteiger partial charge in [0.25, 0.3) is 5.56 Å². The number of benzene rings is 2. The van der Waals surface area contributed by atoms with E-state index in [1.54, 1.807) is 6.07 Å². The van der Waals surface area contributed by atoms with Gasteiger partial charge in [0.2, 0.25) is 12.2 Å². The average Bonchev–Trinajstić information content (AvgIpc) is 2.87. The number of anilines is 2. The molecule has 0 fully saturated rings. The Morgan fingerprint density at radius 1 is 0.976 bits per heavy atom. The number of methoxy groups -OCH3 is 1. The lowest BCUT2D eigenvalue weighted by Crippen LogP contribution is -2.45. The topological polar surface area (TPSA) is 73.7 Å². The van der Waals surface area contributed by atoms with Crippen molar-refractivity contribution in [3.63, 3.8) is 0 Å². The zero-order valence-corrected chi connectivity index (χ0v) is 23.0. The highest BCUT2D eigenvalue weighted by Gasteiger charge is 2.43. The van der Waals surface area contributed by atoms with E-state index >= 15 is 0 Å².